The minimum absolute atomic E-state index is 0.188. The predicted octanol–water partition coefficient (Wildman–Crippen LogP) is 2.13. The second-order valence-electron chi connectivity index (χ2n) is 7.10. The molecule has 2 fully saturated rings. The van der Waals surface area contributed by atoms with E-state index < -0.39 is 0 Å². The van der Waals surface area contributed by atoms with Crippen LogP contribution in [-0.2, 0) is 16.1 Å². The van der Waals surface area contributed by atoms with Crippen molar-refractivity contribution in [1.29, 1.82) is 0 Å². The van der Waals surface area contributed by atoms with E-state index in [0.29, 0.717) is 6.04 Å². The smallest absolute Gasteiger partial charge is 0.251 e. The van der Waals surface area contributed by atoms with Gasteiger partial charge >= 0.3 is 0 Å². The summed E-state index contributed by atoms with van der Waals surface area (Å²) >= 11 is 0. The fraction of sp³-hybridized carbons (Fsp3) is 0.500. The SMILES string of the molecule is O=C(C1CCCO1)N1CCC(NCc2cccc(-n3cccn3)c2)CC1. The van der Waals surface area contributed by atoms with Crippen molar-refractivity contribution in [3.63, 3.8) is 0 Å². The zero-order chi connectivity index (χ0) is 17.8. The van der Waals surface area contributed by atoms with Gasteiger partial charge in [-0.2, -0.15) is 5.10 Å². The quantitative estimate of drug-likeness (QED) is 0.894. The lowest BCUT2D eigenvalue weighted by molar-refractivity contribution is -0.142. The highest BCUT2D eigenvalue weighted by Gasteiger charge is 2.30. The van der Waals surface area contributed by atoms with E-state index in [1.807, 2.05) is 21.8 Å². The van der Waals surface area contributed by atoms with Gasteiger partial charge in [-0.1, -0.05) is 12.1 Å². The maximum Gasteiger partial charge on any atom is 0.251 e. The summed E-state index contributed by atoms with van der Waals surface area (Å²) in [6.07, 6.45) is 7.43. The Morgan fingerprint density at radius 1 is 1.23 bits per heavy atom. The molecule has 0 spiro atoms. The van der Waals surface area contributed by atoms with Crippen LogP contribution in [0.25, 0.3) is 5.69 Å². The molecule has 2 aliphatic rings. The van der Waals surface area contributed by atoms with Gasteiger partial charge < -0.3 is 15.0 Å². The standard InChI is InChI=1S/C20H26N4O2/c25-20(19-6-2-13-26-19)23-11-7-17(8-12-23)21-15-16-4-1-5-18(14-16)24-10-3-9-22-24/h1,3-5,9-10,14,17,19,21H,2,6-8,11-13,15H2. The lowest BCUT2D eigenvalue weighted by Crippen LogP contribution is -2.47. The first-order valence-electron chi connectivity index (χ1n) is 9.52. The van der Waals surface area contributed by atoms with Crippen LogP contribution in [0, 0.1) is 0 Å². The monoisotopic (exact) mass is 354 g/mol. The van der Waals surface area contributed by atoms with Crippen molar-refractivity contribution in [2.24, 2.45) is 0 Å². The van der Waals surface area contributed by atoms with Crippen molar-refractivity contribution in [2.45, 2.75) is 44.4 Å². The van der Waals surface area contributed by atoms with Gasteiger partial charge in [-0.3, -0.25) is 4.79 Å². The highest BCUT2D eigenvalue weighted by molar-refractivity contribution is 5.81. The van der Waals surface area contributed by atoms with E-state index in [1.165, 1.54) is 5.56 Å². The van der Waals surface area contributed by atoms with Crippen molar-refractivity contribution < 1.29 is 9.53 Å². The molecule has 0 radical (unpaired) electrons. The number of benzene rings is 1. The van der Waals surface area contributed by atoms with Crippen LogP contribution in [0.15, 0.2) is 42.7 Å². The molecule has 1 amide bonds. The second kappa shape index (κ2) is 8.01. The summed E-state index contributed by atoms with van der Waals surface area (Å²) in [5.74, 6) is 0.188. The van der Waals surface area contributed by atoms with E-state index >= 15 is 0 Å². The van der Waals surface area contributed by atoms with Crippen LogP contribution < -0.4 is 5.32 Å². The molecule has 4 rings (SSSR count). The van der Waals surface area contributed by atoms with Gasteiger partial charge in [0, 0.05) is 44.7 Å². The minimum atomic E-state index is -0.190. The zero-order valence-electron chi connectivity index (χ0n) is 15.0. The molecule has 26 heavy (non-hydrogen) atoms. The molecule has 6 nitrogen and oxygen atoms in total. The van der Waals surface area contributed by atoms with Crippen molar-refractivity contribution in [1.82, 2.24) is 20.0 Å². The maximum absolute atomic E-state index is 12.4. The van der Waals surface area contributed by atoms with Crippen LogP contribution in [-0.4, -0.2) is 52.4 Å². The van der Waals surface area contributed by atoms with Crippen molar-refractivity contribution >= 4 is 5.91 Å². The van der Waals surface area contributed by atoms with E-state index in [-0.39, 0.29) is 12.0 Å². The number of carbonyl (C=O) groups excluding carboxylic acids is 1. The van der Waals surface area contributed by atoms with Crippen LogP contribution in [0.1, 0.15) is 31.2 Å². The fourth-order valence-corrected chi connectivity index (χ4v) is 3.77. The first-order valence-corrected chi connectivity index (χ1v) is 9.52. The zero-order valence-corrected chi connectivity index (χ0v) is 15.0. The number of piperidine rings is 1. The summed E-state index contributed by atoms with van der Waals surface area (Å²) in [5.41, 5.74) is 2.32. The average Bonchev–Trinajstić information content (AvgIpc) is 3.40. The minimum Gasteiger partial charge on any atom is -0.368 e. The maximum atomic E-state index is 12.4. The number of likely N-dealkylation sites (tertiary alicyclic amines) is 1. The molecule has 0 saturated carbocycles. The Hall–Kier alpha value is -2.18. The van der Waals surface area contributed by atoms with Crippen LogP contribution in [0.2, 0.25) is 0 Å². The highest BCUT2D eigenvalue weighted by Crippen LogP contribution is 2.19. The summed E-state index contributed by atoms with van der Waals surface area (Å²) in [5, 5.41) is 7.92. The summed E-state index contributed by atoms with van der Waals surface area (Å²) < 4.78 is 7.40. The molecule has 6 heteroatoms. The predicted molar refractivity (Wildman–Crippen MR) is 99.0 cm³/mol. The third-order valence-corrected chi connectivity index (χ3v) is 5.29. The highest BCUT2D eigenvalue weighted by atomic mass is 16.5. The molecule has 1 aromatic heterocycles. The van der Waals surface area contributed by atoms with Gasteiger partial charge in [0.1, 0.15) is 6.10 Å². The molecular weight excluding hydrogens is 328 g/mol. The number of amides is 1. The van der Waals surface area contributed by atoms with Crippen LogP contribution >= 0.6 is 0 Å². The first-order chi connectivity index (χ1) is 12.8. The van der Waals surface area contributed by atoms with Gasteiger partial charge in [-0.25, -0.2) is 4.68 Å². The van der Waals surface area contributed by atoms with E-state index in [4.69, 9.17) is 4.74 Å². The normalized spacial score (nSPS) is 21.2. The van der Waals surface area contributed by atoms with E-state index in [2.05, 4.69) is 34.7 Å². The van der Waals surface area contributed by atoms with Gasteiger partial charge in [0.25, 0.3) is 5.91 Å². The van der Waals surface area contributed by atoms with Gasteiger partial charge in [-0.05, 0) is 49.4 Å². The lowest BCUT2D eigenvalue weighted by atomic mass is 10.0. The number of carbonyl (C=O) groups is 1. The number of rotatable bonds is 5. The number of nitrogens with zero attached hydrogens (tertiary/aromatic N) is 3. The van der Waals surface area contributed by atoms with Crippen molar-refractivity contribution in [2.75, 3.05) is 19.7 Å². The van der Waals surface area contributed by atoms with Crippen molar-refractivity contribution in [3.05, 3.63) is 48.3 Å². The number of nitrogens with one attached hydrogen (secondary N) is 1. The Kier molecular flexibility index (Phi) is 5.32. The first kappa shape index (κ1) is 17.2. The molecule has 138 valence electrons. The third kappa shape index (κ3) is 3.97. The summed E-state index contributed by atoms with van der Waals surface area (Å²) in [7, 11) is 0. The summed E-state index contributed by atoms with van der Waals surface area (Å²) in [6.45, 7) is 3.21. The van der Waals surface area contributed by atoms with E-state index in [9.17, 15) is 4.79 Å². The van der Waals surface area contributed by atoms with Crippen LogP contribution in [0.3, 0.4) is 0 Å². The Morgan fingerprint density at radius 2 is 2.12 bits per heavy atom. The molecule has 0 bridgehead atoms. The van der Waals surface area contributed by atoms with Gasteiger partial charge in [0.15, 0.2) is 0 Å². The second-order valence-corrected chi connectivity index (χ2v) is 7.10. The topological polar surface area (TPSA) is 59.4 Å². The molecule has 1 aromatic carbocycles. The molecule has 1 atom stereocenters. The van der Waals surface area contributed by atoms with Crippen LogP contribution in [0.5, 0.6) is 0 Å². The number of hydrogen-bond acceptors (Lipinski definition) is 4. The lowest BCUT2D eigenvalue weighted by Gasteiger charge is -2.33. The Morgan fingerprint density at radius 3 is 2.85 bits per heavy atom. The third-order valence-electron chi connectivity index (χ3n) is 5.29. The molecule has 0 aliphatic carbocycles. The molecule has 2 aliphatic heterocycles. The molecule has 1 N–H and O–H groups in total. The number of ether oxygens (including phenoxy) is 1. The average molecular weight is 354 g/mol. The van der Waals surface area contributed by atoms with E-state index in [0.717, 1.165) is 57.6 Å². The molecular formula is C20H26N4O2. The molecule has 1 unspecified atom stereocenters. The van der Waals surface area contributed by atoms with Gasteiger partial charge in [0.2, 0.25) is 0 Å². The number of aromatic nitrogens is 2. The number of hydrogen-bond donors (Lipinski definition) is 1. The Balaban J connectivity index is 1.26. The Bertz CT molecular complexity index is 717. The summed E-state index contributed by atoms with van der Waals surface area (Å²) in [4.78, 5) is 14.4. The fourth-order valence-electron chi connectivity index (χ4n) is 3.77. The molecule has 3 heterocycles. The molecule has 2 saturated heterocycles. The van der Waals surface area contributed by atoms with E-state index in [1.54, 1.807) is 6.20 Å². The largest absolute Gasteiger partial charge is 0.368 e. The van der Waals surface area contributed by atoms with Gasteiger partial charge in [-0.15, -0.1) is 0 Å². The van der Waals surface area contributed by atoms with Crippen molar-refractivity contribution in [3.8, 4) is 5.69 Å². The van der Waals surface area contributed by atoms with Crippen LogP contribution in [0.4, 0.5) is 0 Å². The Labute approximate surface area is 154 Å². The summed E-state index contributed by atoms with van der Waals surface area (Å²) in [6, 6.07) is 10.8. The van der Waals surface area contributed by atoms with Gasteiger partial charge in [0.05, 0.1) is 5.69 Å². The molecule has 2 aromatic rings.